The van der Waals surface area contributed by atoms with Gasteiger partial charge in [-0.15, -0.1) is 0 Å². The maximum atomic E-state index is 5.78. The van der Waals surface area contributed by atoms with Crippen LogP contribution in [0, 0.1) is 0 Å². The zero-order chi connectivity index (χ0) is 11.1. The van der Waals surface area contributed by atoms with Crippen molar-refractivity contribution < 1.29 is 4.74 Å². The van der Waals surface area contributed by atoms with Crippen LogP contribution < -0.4 is 5.73 Å². The molecule has 1 heterocycles. The van der Waals surface area contributed by atoms with Crippen LogP contribution in [0.25, 0.3) is 0 Å². The fourth-order valence-electron chi connectivity index (χ4n) is 1.39. The Labute approximate surface area is 92.2 Å². The third kappa shape index (κ3) is 4.49. The lowest BCUT2D eigenvalue weighted by molar-refractivity contribution is 0.123. The number of nitrogens with two attached hydrogens (primary N) is 1. The standard InChI is InChI=1S/C12H22N2O/c1-3-4-8-15-9-7-14-6-5-12(10-14)11(2)13/h5-6,10-11H,3-4,7-9,13H2,1-2H3. The number of nitrogens with zero attached hydrogens (tertiary/aromatic N) is 1. The molecule has 1 atom stereocenters. The van der Waals surface area contributed by atoms with Crippen molar-refractivity contribution in [1.82, 2.24) is 4.57 Å². The van der Waals surface area contributed by atoms with Crippen LogP contribution in [0.15, 0.2) is 18.5 Å². The topological polar surface area (TPSA) is 40.2 Å². The average Bonchev–Trinajstić information content (AvgIpc) is 2.66. The number of hydrogen-bond acceptors (Lipinski definition) is 2. The predicted octanol–water partition coefficient (Wildman–Crippen LogP) is 2.32. The first-order valence-electron chi connectivity index (χ1n) is 5.73. The SMILES string of the molecule is CCCCOCCn1ccc(C(C)N)c1. The summed E-state index contributed by atoms with van der Waals surface area (Å²) in [4.78, 5) is 0. The average molecular weight is 210 g/mol. The summed E-state index contributed by atoms with van der Waals surface area (Å²) in [7, 11) is 0. The smallest absolute Gasteiger partial charge is 0.0645 e. The number of unbranched alkanes of at least 4 members (excludes halogenated alkanes) is 1. The van der Waals surface area contributed by atoms with E-state index in [1.165, 1.54) is 12.0 Å². The quantitative estimate of drug-likeness (QED) is 0.702. The van der Waals surface area contributed by atoms with Crippen LogP contribution in [0.1, 0.15) is 38.3 Å². The molecular formula is C12H22N2O. The molecule has 0 radical (unpaired) electrons. The molecule has 0 saturated carbocycles. The van der Waals surface area contributed by atoms with Gasteiger partial charge in [-0.2, -0.15) is 0 Å². The molecule has 0 saturated heterocycles. The minimum absolute atomic E-state index is 0.118. The van der Waals surface area contributed by atoms with Crippen molar-refractivity contribution in [2.75, 3.05) is 13.2 Å². The zero-order valence-electron chi connectivity index (χ0n) is 9.78. The number of rotatable bonds is 7. The van der Waals surface area contributed by atoms with Crippen LogP contribution >= 0.6 is 0 Å². The van der Waals surface area contributed by atoms with E-state index < -0.39 is 0 Å². The van der Waals surface area contributed by atoms with E-state index in [-0.39, 0.29) is 6.04 Å². The molecular weight excluding hydrogens is 188 g/mol. The molecule has 1 unspecified atom stereocenters. The van der Waals surface area contributed by atoms with Crippen molar-refractivity contribution in [2.24, 2.45) is 5.73 Å². The first-order chi connectivity index (χ1) is 7.24. The molecule has 0 amide bonds. The molecule has 3 nitrogen and oxygen atoms in total. The molecule has 0 fully saturated rings. The molecule has 1 rings (SSSR count). The zero-order valence-corrected chi connectivity index (χ0v) is 9.78. The van der Waals surface area contributed by atoms with E-state index in [1.807, 2.05) is 6.92 Å². The van der Waals surface area contributed by atoms with Gasteiger partial charge in [-0.1, -0.05) is 13.3 Å². The lowest BCUT2D eigenvalue weighted by atomic mass is 10.2. The van der Waals surface area contributed by atoms with Crippen molar-refractivity contribution >= 4 is 0 Å². The van der Waals surface area contributed by atoms with Gasteiger partial charge in [0.2, 0.25) is 0 Å². The van der Waals surface area contributed by atoms with Crippen LogP contribution in [0.4, 0.5) is 0 Å². The fourth-order valence-corrected chi connectivity index (χ4v) is 1.39. The van der Waals surface area contributed by atoms with E-state index in [9.17, 15) is 0 Å². The summed E-state index contributed by atoms with van der Waals surface area (Å²) in [6, 6.07) is 2.18. The van der Waals surface area contributed by atoms with E-state index in [4.69, 9.17) is 10.5 Å². The Morgan fingerprint density at radius 2 is 2.27 bits per heavy atom. The van der Waals surface area contributed by atoms with Gasteiger partial charge < -0.3 is 15.0 Å². The maximum absolute atomic E-state index is 5.78. The first kappa shape index (κ1) is 12.3. The summed E-state index contributed by atoms with van der Waals surface area (Å²) in [5.41, 5.74) is 6.96. The maximum Gasteiger partial charge on any atom is 0.0645 e. The molecule has 0 aromatic carbocycles. The summed E-state index contributed by atoms with van der Waals surface area (Å²) in [5, 5.41) is 0. The normalized spacial score (nSPS) is 13.0. The van der Waals surface area contributed by atoms with Crippen molar-refractivity contribution in [1.29, 1.82) is 0 Å². The molecule has 1 aromatic rings. The molecule has 86 valence electrons. The van der Waals surface area contributed by atoms with E-state index in [0.29, 0.717) is 0 Å². The van der Waals surface area contributed by atoms with E-state index >= 15 is 0 Å². The fraction of sp³-hybridized carbons (Fsp3) is 0.667. The van der Waals surface area contributed by atoms with Gasteiger partial charge in [0.1, 0.15) is 0 Å². The van der Waals surface area contributed by atoms with Crippen LogP contribution in [-0.2, 0) is 11.3 Å². The van der Waals surface area contributed by atoms with Gasteiger partial charge in [0.05, 0.1) is 6.61 Å². The van der Waals surface area contributed by atoms with E-state index in [0.717, 1.165) is 26.2 Å². The van der Waals surface area contributed by atoms with E-state index in [2.05, 4.69) is 30.0 Å². The third-order valence-corrected chi connectivity index (χ3v) is 2.44. The Bertz CT molecular complexity index is 268. The summed E-state index contributed by atoms with van der Waals surface area (Å²) in [6.45, 7) is 6.74. The predicted molar refractivity (Wildman–Crippen MR) is 62.8 cm³/mol. The summed E-state index contributed by atoms with van der Waals surface area (Å²) < 4.78 is 7.63. The van der Waals surface area contributed by atoms with Gasteiger partial charge in [0.25, 0.3) is 0 Å². The highest BCUT2D eigenvalue weighted by Gasteiger charge is 2.00. The second-order valence-corrected chi connectivity index (χ2v) is 3.94. The number of hydrogen-bond donors (Lipinski definition) is 1. The van der Waals surface area contributed by atoms with Crippen LogP contribution in [0.3, 0.4) is 0 Å². The highest BCUT2D eigenvalue weighted by atomic mass is 16.5. The second kappa shape index (κ2) is 6.64. The molecule has 0 aliphatic rings. The lowest BCUT2D eigenvalue weighted by Gasteiger charge is -2.05. The van der Waals surface area contributed by atoms with Crippen molar-refractivity contribution in [2.45, 2.75) is 39.3 Å². The van der Waals surface area contributed by atoms with Crippen LogP contribution in [-0.4, -0.2) is 17.8 Å². The largest absolute Gasteiger partial charge is 0.380 e. The third-order valence-electron chi connectivity index (χ3n) is 2.44. The number of aromatic nitrogens is 1. The van der Waals surface area contributed by atoms with Crippen molar-refractivity contribution in [3.8, 4) is 0 Å². The Hall–Kier alpha value is -0.800. The Kier molecular flexibility index (Phi) is 5.43. The monoisotopic (exact) mass is 210 g/mol. The minimum atomic E-state index is 0.118. The highest BCUT2D eigenvalue weighted by Crippen LogP contribution is 2.09. The molecule has 2 N–H and O–H groups in total. The first-order valence-corrected chi connectivity index (χ1v) is 5.73. The van der Waals surface area contributed by atoms with Gasteiger partial charge >= 0.3 is 0 Å². The second-order valence-electron chi connectivity index (χ2n) is 3.94. The summed E-state index contributed by atoms with van der Waals surface area (Å²) in [5.74, 6) is 0. The molecule has 15 heavy (non-hydrogen) atoms. The van der Waals surface area contributed by atoms with Crippen LogP contribution in [0.5, 0.6) is 0 Å². The van der Waals surface area contributed by atoms with Crippen LogP contribution in [0.2, 0.25) is 0 Å². The molecule has 0 aliphatic carbocycles. The van der Waals surface area contributed by atoms with Gasteiger partial charge in [-0.05, 0) is 25.0 Å². The molecule has 3 heteroatoms. The van der Waals surface area contributed by atoms with Crippen molar-refractivity contribution in [3.05, 3.63) is 24.0 Å². The van der Waals surface area contributed by atoms with Crippen molar-refractivity contribution in [3.63, 3.8) is 0 Å². The van der Waals surface area contributed by atoms with Gasteiger partial charge in [-0.25, -0.2) is 0 Å². The van der Waals surface area contributed by atoms with E-state index in [1.54, 1.807) is 0 Å². The minimum Gasteiger partial charge on any atom is -0.380 e. The molecule has 0 spiro atoms. The summed E-state index contributed by atoms with van der Waals surface area (Å²) in [6.07, 6.45) is 6.49. The molecule has 0 aliphatic heterocycles. The molecule has 0 bridgehead atoms. The summed E-state index contributed by atoms with van der Waals surface area (Å²) >= 11 is 0. The number of ether oxygens (including phenoxy) is 1. The van der Waals surface area contributed by atoms with Gasteiger partial charge in [-0.3, -0.25) is 0 Å². The lowest BCUT2D eigenvalue weighted by Crippen LogP contribution is -2.06. The Morgan fingerprint density at radius 3 is 2.87 bits per heavy atom. The van der Waals surface area contributed by atoms with Gasteiger partial charge in [0, 0.05) is 31.6 Å². The Balaban J connectivity index is 2.20. The van der Waals surface area contributed by atoms with Gasteiger partial charge in [0.15, 0.2) is 0 Å². The Morgan fingerprint density at radius 1 is 1.47 bits per heavy atom. The molecule has 1 aromatic heterocycles. The highest BCUT2D eigenvalue weighted by molar-refractivity contribution is 5.13.